The van der Waals surface area contributed by atoms with Crippen molar-refractivity contribution >= 4 is 11.4 Å². The van der Waals surface area contributed by atoms with Crippen LogP contribution in [0.4, 0.5) is 11.4 Å². The standard InChI is InChI=1S/C16H17N3O2/c1-18-8-7-12-14(10-18)13(11-5-3-2-4-6-11)9-15(16(12)17)19(20)21/h2-6,9H,7-8,10,17H2,1H3. The van der Waals surface area contributed by atoms with Crippen LogP contribution in [0.5, 0.6) is 0 Å². The minimum atomic E-state index is -0.389. The van der Waals surface area contributed by atoms with Crippen molar-refractivity contribution in [2.45, 2.75) is 13.0 Å². The van der Waals surface area contributed by atoms with Crippen molar-refractivity contribution in [3.63, 3.8) is 0 Å². The van der Waals surface area contributed by atoms with Crippen LogP contribution in [0.3, 0.4) is 0 Å². The second-order valence-electron chi connectivity index (χ2n) is 5.42. The second-order valence-corrected chi connectivity index (χ2v) is 5.42. The minimum Gasteiger partial charge on any atom is -0.393 e. The number of nitro benzene ring substituents is 1. The third-order valence-corrected chi connectivity index (χ3v) is 4.02. The average molecular weight is 283 g/mol. The van der Waals surface area contributed by atoms with Crippen LogP contribution in [0.15, 0.2) is 36.4 Å². The van der Waals surface area contributed by atoms with E-state index in [0.717, 1.165) is 41.8 Å². The zero-order chi connectivity index (χ0) is 15.0. The molecule has 1 aliphatic rings. The fourth-order valence-electron chi connectivity index (χ4n) is 2.93. The van der Waals surface area contributed by atoms with Crippen LogP contribution in [0.25, 0.3) is 11.1 Å². The van der Waals surface area contributed by atoms with E-state index < -0.39 is 0 Å². The SMILES string of the molecule is CN1CCc2c(N)c([N+](=O)[O-])cc(-c3ccccc3)c2C1. The highest BCUT2D eigenvalue weighted by atomic mass is 16.6. The summed E-state index contributed by atoms with van der Waals surface area (Å²) in [7, 11) is 2.05. The number of hydrogen-bond acceptors (Lipinski definition) is 4. The molecule has 1 aliphatic heterocycles. The number of rotatable bonds is 2. The molecule has 108 valence electrons. The molecule has 0 aromatic heterocycles. The summed E-state index contributed by atoms with van der Waals surface area (Å²) in [5.41, 5.74) is 10.3. The summed E-state index contributed by atoms with van der Waals surface area (Å²) in [5, 5.41) is 11.3. The molecule has 0 amide bonds. The molecule has 3 rings (SSSR count). The third kappa shape index (κ3) is 2.36. The number of fused-ring (bicyclic) bond motifs is 1. The molecule has 0 saturated heterocycles. The summed E-state index contributed by atoms with van der Waals surface area (Å²) < 4.78 is 0. The van der Waals surface area contributed by atoms with Gasteiger partial charge in [0.2, 0.25) is 0 Å². The van der Waals surface area contributed by atoms with Crippen molar-refractivity contribution in [2.75, 3.05) is 19.3 Å². The maximum absolute atomic E-state index is 11.3. The lowest BCUT2D eigenvalue weighted by atomic mass is 9.89. The summed E-state index contributed by atoms with van der Waals surface area (Å²) in [6.45, 7) is 1.63. The fourth-order valence-corrected chi connectivity index (χ4v) is 2.93. The molecule has 0 spiro atoms. The van der Waals surface area contributed by atoms with Crippen LogP contribution in [0.2, 0.25) is 0 Å². The smallest absolute Gasteiger partial charge is 0.293 e. The van der Waals surface area contributed by atoms with Crippen LogP contribution < -0.4 is 5.73 Å². The molecule has 0 radical (unpaired) electrons. The lowest BCUT2D eigenvalue weighted by Gasteiger charge is -2.28. The quantitative estimate of drug-likeness (QED) is 0.522. The number of anilines is 1. The molecule has 2 aromatic carbocycles. The van der Waals surface area contributed by atoms with Gasteiger partial charge in [-0.05, 0) is 35.7 Å². The summed E-state index contributed by atoms with van der Waals surface area (Å²) in [6.07, 6.45) is 0.749. The highest BCUT2D eigenvalue weighted by Crippen LogP contribution is 2.39. The Labute approximate surface area is 123 Å². The van der Waals surface area contributed by atoms with E-state index in [2.05, 4.69) is 11.9 Å². The van der Waals surface area contributed by atoms with Gasteiger partial charge in [0.1, 0.15) is 5.69 Å². The highest BCUT2D eigenvalue weighted by molar-refractivity contribution is 5.79. The Balaban J connectivity index is 2.27. The first-order valence-electron chi connectivity index (χ1n) is 6.90. The van der Waals surface area contributed by atoms with Gasteiger partial charge in [-0.2, -0.15) is 0 Å². The largest absolute Gasteiger partial charge is 0.393 e. The molecule has 0 unspecified atom stereocenters. The van der Waals surface area contributed by atoms with Crippen LogP contribution in [-0.4, -0.2) is 23.4 Å². The van der Waals surface area contributed by atoms with E-state index in [1.807, 2.05) is 30.3 Å². The average Bonchev–Trinajstić information content (AvgIpc) is 2.48. The molecule has 1 heterocycles. The molecule has 0 saturated carbocycles. The Morgan fingerprint density at radius 2 is 1.95 bits per heavy atom. The lowest BCUT2D eigenvalue weighted by molar-refractivity contribution is -0.383. The van der Waals surface area contributed by atoms with Gasteiger partial charge in [-0.1, -0.05) is 30.3 Å². The molecule has 0 fully saturated rings. The molecule has 0 bridgehead atoms. The molecule has 2 aromatic rings. The zero-order valence-corrected chi connectivity index (χ0v) is 11.9. The molecule has 21 heavy (non-hydrogen) atoms. The summed E-state index contributed by atoms with van der Waals surface area (Å²) >= 11 is 0. The van der Waals surface area contributed by atoms with Crippen molar-refractivity contribution in [3.05, 3.63) is 57.6 Å². The van der Waals surface area contributed by atoms with E-state index in [9.17, 15) is 10.1 Å². The number of nitrogen functional groups attached to an aromatic ring is 1. The topological polar surface area (TPSA) is 72.4 Å². The molecule has 0 aliphatic carbocycles. The maximum atomic E-state index is 11.3. The monoisotopic (exact) mass is 283 g/mol. The van der Waals surface area contributed by atoms with Gasteiger partial charge < -0.3 is 10.6 Å². The van der Waals surface area contributed by atoms with Gasteiger partial charge in [0.05, 0.1) is 4.92 Å². The molecule has 2 N–H and O–H groups in total. The maximum Gasteiger partial charge on any atom is 0.293 e. The normalized spacial score (nSPS) is 14.7. The van der Waals surface area contributed by atoms with Crippen LogP contribution in [0.1, 0.15) is 11.1 Å². The lowest BCUT2D eigenvalue weighted by Crippen LogP contribution is -2.28. The first kappa shape index (κ1) is 13.6. The zero-order valence-electron chi connectivity index (χ0n) is 11.9. The van der Waals surface area contributed by atoms with Crippen LogP contribution >= 0.6 is 0 Å². The van der Waals surface area contributed by atoms with E-state index in [1.54, 1.807) is 6.07 Å². The number of nitrogens with zero attached hydrogens (tertiary/aromatic N) is 2. The summed E-state index contributed by atoms with van der Waals surface area (Å²) in [4.78, 5) is 13.1. The second kappa shape index (κ2) is 5.18. The molecule has 0 atom stereocenters. The van der Waals surface area contributed by atoms with E-state index in [1.165, 1.54) is 0 Å². The number of nitrogens with two attached hydrogens (primary N) is 1. The Kier molecular flexibility index (Phi) is 3.35. The van der Waals surface area contributed by atoms with E-state index in [-0.39, 0.29) is 10.6 Å². The fraction of sp³-hybridized carbons (Fsp3) is 0.250. The van der Waals surface area contributed by atoms with Crippen molar-refractivity contribution in [1.82, 2.24) is 4.90 Å². The van der Waals surface area contributed by atoms with Gasteiger partial charge in [0, 0.05) is 19.2 Å². The van der Waals surface area contributed by atoms with E-state index >= 15 is 0 Å². The van der Waals surface area contributed by atoms with Crippen molar-refractivity contribution in [1.29, 1.82) is 0 Å². The third-order valence-electron chi connectivity index (χ3n) is 4.02. The molecular formula is C16H17N3O2. The van der Waals surface area contributed by atoms with Gasteiger partial charge in [-0.15, -0.1) is 0 Å². The summed E-state index contributed by atoms with van der Waals surface area (Å²) in [6, 6.07) is 11.4. The first-order valence-corrected chi connectivity index (χ1v) is 6.90. The Hall–Kier alpha value is -2.40. The van der Waals surface area contributed by atoms with Crippen molar-refractivity contribution in [2.24, 2.45) is 0 Å². The molecular weight excluding hydrogens is 266 g/mol. The number of benzene rings is 2. The van der Waals surface area contributed by atoms with Crippen LogP contribution in [0, 0.1) is 10.1 Å². The predicted octanol–water partition coefficient (Wildman–Crippen LogP) is 2.83. The predicted molar refractivity (Wildman–Crippen MR) is 83.0 cm³/mol. The van der Waals surface area contributed by atoms with Gasteiger partial charge in [0.25, 0.3) is 5.69 Å². The molecule has 5 nitrogen and oxygen atoms in total. The highest BCUT2D eigenvalue weighted by Gasteiger charge is 2.26. The van der Waals surface area contributed by atoms with Gasteiger partial charge >= 0.3 is 0 Å². The summed E-state index contributed by atoms with van der Waals surface area (Å²) in [5.74, 6) is 0. The minimum absolute atomic E-state index is 0.0113. The van der Waals surface area contributed by atoms with E-state index in [0.29, 0.717) is 5.69 Å². The van der Waals surface area contributed by atoms with Crippen molar-refractivity contribution in [3.8, 4) is 11.1 Å². The first-order chi connectivity index (χ1) is 10.1. The Bertz CT molecular complexity index is 698. The van der Waals surface area contributed by atoms with Gasteiger partial charge in [-0.25, -0.2) is 0 Å². The van der Waals surface area contributed by atoms with Crippen LogP contribution in [-0.2, 0) is 13.0 Å². The Morgan fingerprint density at radius 3 is 2.62 bits per heavy atom. The Morgan fingerprint density at radius 1 is 1.24 bits per heavy atom. The number of likely N-dealkylation sites (N-methyl/N-ethyl adjacent to an activating group) is 1. The molecule has 5 heteroatoms. The number of hydrogen-bond donors (Lipinski definition) is 1. The number of nitro groups is 1. The van der Waals surface area contributed by atoms with E-state index in [4.69, 9.17) is 5.73 Å². The van der Waals surface area contributed by atoms with Gasteiger partial charge in [0.15, 0.2) is 0 Å². The van der Waals surface area contributed by atoms with Gasteiger partial charge in [-0.3, -0.25) is 10.1 Å². The van der Waals surface area contributed by atoms with Crippen molar-refractivity contribution < 1.29 is 4.92 Å².